The van der Waals surface area contributed by atoms with E-state index in [0.717, 1.165) is 17.9 Å². The van der Waals surface area contributed by atoms with Gasteiger partial charge in [0.15, 0.2) is 0 Å². The van der Waals surface area contributed by atoms with Crippen molar-refractivity contribution >= 4 is 23.8 Å². The number of hydrogen-bond acceptors (Lipinski definition) is 3. The van der Waals surface area contributed by atoms with E-state index >= 15 is 0 Å². The predicted molar refractivity (Wildman–Crippen MR) is 72.2 cm³/mol. The number of alkyl halides is 2. The smallest absolute Gasteiger partial charge is 0.252 e. The summed E-state index contributed by atoms with van der Waals surface area (Å²) in [5, 5.41) is 12.1. The molecule has 102 valence electrons. The van der Waals surface area contributed by atoms with Crippen LogP contribution in [0, 0.1) is 11.3 Å². The van der Waals surface area contributed by atoms with Crippen LogP contribution in [0.1, 0.15) is 18.4 Å². The second-order valence-corrected chi connectivity index (χ2v) is 4.88. The van der Waals surface area contributed by atoms with Crippen LogP contribution < -0.4 is 10.2 Å². The first-order valence-corrected chi connectivity index (χ1v) is 6.01. The Morgan fingerprint density at radius 3 is 2.74 bits per heavy atom. The van der Waals surface area contributed by atoms with Gasteiger partial charge in [0.1, 0.15) is 0 Å². The maximum absolute atomic E-state index is 13.0. The molecule has 0 atom stereocenters. The van der Waals surface area contributed by atoms with Crippen molar-refractivity contribution < 1.29 is 8.78 Å². The molecule has 3 nitrogen and oxygen atoms in total. The maximum atomic E-state index is 13.0. The van der Waals surface area contributed by atoms with Crippen LogP contribution in [0.25, 0.3) is 0 Å². The molecule has 0 amide bonds. The Balaban J connectivity index is 0.00000133. The Kier molecular flexibility index (Phi) is 3.55. The monoisotopic (exact) mass is 285 g/mol. The Morgan fingerprint density at radius 2 is 2.11 bits per heavy atom. The summed E-state index contributed by atoms with van der Waals surface area (Å²) in [7, 11) is 0. The zero-order valence-corrected chi connectivity index (χ0v) is 11.0. The van der Waals surface area contributed by atoms with Crippen molar-refractivity contribution in [3.05, 3.63) is 23.8 Å². The zero-order chi connectivity index (χ0) is 12.8. The normalized spacial score (nSPS) is 20.4. The highest BCUT2D eigenvalue weighted by Crippen LogP contribution is 2.44. The molecule has 1 aromatic carbocycles. The fourth-order valence-corrected chi connectivity index (χ4v) is 2.65. The largest absolute Gasteiger partial charge is 0.382 e. The summed E-state index contributed by atoms with van der Waals surface area (Å²) in [4.78, 5) is 2.00. The lowest BCUT2D eigenvalue weighted by Crippen LogP contribution is -2.53. The molecule has 0 bridgehead atoms. The van der Waals surface area contributed by atoms with Crippen LogP contribution >= 0.6 is 12.4 Å². The van der Waals surface area contributed by atoms with Gasteiger partial charge in [0, 0.05) is 32.0 Å². The third kappa shape index (κ3) is 2.45. The van der Waals surface area contributed by atoms with Gasteiger partial charge in [-0.25, -0.2) is 8.78 Å². The molecule has 1 aliphatic heterocycles. The highest BCUT2D eigenvalue weighted by molar-refractivity contribution is 5.85. The fourth-order valence-electron chi connectivity index (χ4n) is 2.65. The molecular formula is C13H14ClF2N3. The highest BCUT2D eigenvalue weighted by Gasteiger charge is 2.48. The van der Waals surface area contributed by atoms with Crippen LogP contribution in [0.2, 0.25) is 0 Å². The lowest BCUT2D eigenvalue weighted by molar-refractivity contribution is -0.0857. The van der Waals surface area contributed by atoms with Gasteiger partial charge in [-0.2, -0.15) is 5.26 Å². The van der Waals surface area contributed by atoms with Crippen LogP contribution in [0.4, 0.5) is 20.2 Å². The van der Waals surface area contributed by atoms with Gasteiger partial charge in [-0.05, 0) is 18.2 Å². The molecule has 2 aliphatic rings. The molecule has 0 radical (unpaired) electrons. The number of nitriles is 1. The number of halogens is 3. The minimum Gasteiger partial charge on any atom is -0.382 e. The Bertz CT molecular complexity index is 519. The Labute approximate surface area is 116 Å². The lowest BCUT2D eigenvalue weighted by atomic mass is 9.86. The predicted octanol–water partition coefficient (Wildman–Crippen LogP) is 3.01. The highest BCUT2D eigenvalue weighted by atomic mass is 35.5. The molecular weight excluding hydrogens is 272 g/mol. The topological polar surface area (TPSA) is 39.1 Å². The summed E-state index contributed by atoms with van der Waals surface area (Å²) in [5.41, 5.74) is 2.37. The first kappa shape index (κ1) is 13.9. The Hall–Kier alpha value is -1.54. The van der Waals surface area contributed by atoms with E-state index in [2.05, 4.69) is 11.4 Å². The summed E-state index contributed by atoms with van der Waals surface area (Å²) >= 11 is 0. The van der Waals surface area contributed by atoms with E-state index in [1.54, 1.807) is 12.1 Å². The SMILES string of the molecule is Cl.N#Cc1ccc2c(c1)N(C1CC(F)(F)C1)CCN2. The van der Waals surface area contributed by atoms with Crippen LogP contribution in [0.3, 0.4) is 0 Å². The quantitative estimate of drug-likeness (QED) is 0.862. The molecule has 0 saturated heterocycles. The van der Waals surface area contributed by atoms with E-state index in [0.29, 0.717) is 12.1 Å². The molecule has 0 aromatic heterocycles. The van der Waals surface area contributed by atoms with E-state index < -0.39 is 5.92 Å². The average Bonchev–Trinajstić information content (AvgIpc) is 2.34. The van der Waals surface area contributed by atoms with Crippen molar-refractivity contribution in [2.75, 3.05) is 23.3 Å². The third-order valence-corrected chi connectivity index (χ3v) is 3.61. The van der Waals surface area contributed by atoms with Crippen LogP contribution in [-0.4, -0.2) is 25.1 Å². The van der Waals surface area contributed by atoms with E-state index in [1.165, 1.54) is 0 Å². The summed E-state index contributed by atoms with van der Waals surface area (Å²) in [6, 6.07) is 7.34. The van der Waals surface area contributed by atoms with Gasteiger partial charge in [0.25, 0.3) is 5.92 Å². The molecule has 19 heavy (non-hydrogen) atoms. The number of hydrogen-bond donors (Lipinski definition) is 1. The first-order valence-electron chi connectivity index (χ1n) is 6.01. The number of nitrogens with zero attached hydrogens (tertiary/aromatic N) is 2. The fraction of sp³-hybridized carbons (Fsp3) is 0.462. The molecule has 1 aliphatic carbocycles. The van der Waals surface area contributed by atoms with Crippen molar-refractivity contribution in [1.29, 1.82) is 5.26 Å². The van der Waals surface area contributed by atoms with Crippen molar-refractivity contribution in [2.45, 2.75) is 24.8 Å². The molecule has 1 saturated carbocycles. The van der Waals surface area contributed by atoms with Crippen LogP contribution in [-0.2, 0) is 0 Å². The molecule has 1 aromatic rings. The maximum Gasteiger partial charge on any atom is 0.252 e. The number of nitrogens with one attached hydrogen (secondary N) is 1. The van der Waals surface area contributed by atoms with E-state index in [-0.39, 0.29) is 31.3 Å². The molecule has 1 fully saturated rings. The van der Waals surface area contributed by atoms with Gasteiger partial charge in [-0.15, -0.1) is 12.4 Å². The van der Waals surface area contributed by atoms with Crippen molar-refractivity contribution in [3.63, 3.8) is 0 Å². The van der Waals surface area contributed by atoms with Gasteiger partial charge in [-0.3, -0.25) is 0 Å². The molecule has 0 unspecified atom stereocenters. The summed E-state index contributed by atoms with van der Waals surface area (Å²) in [6.45, 7) is 1.46. The van der Waals surface area contributed by atoms with Crippen molar-refractivity contribution in [1.82, 2.24) is 0 Å². The minimum atomic E-state index is -2.51. The second-order valence-electron chi connectivity index (χ2n) is 4.88. The number of rotatable bonds is 1. The van der Waals surface area contributed by atoms with Gasteiger partial charge >= 0.3 is 0 Å². The van der Waals surface area contributed by atoms with E-state index in [4.69, 9.17) is 5.26 Å². The number of fused-ring (bicyclic) bond motifs is 1. The molecule has 3 rings (SSSR count). The summed E-state index contributed by atoms with van der Waals surface area (Å²) < 4.78 is 25.9. The number of benzene rings is 1. The molecule has 1 N–H and O–H groups in total. The van der Waals surface area contributed by atoms with E-state index in [9.17, 15) is 8.78 Å². The van der Waals surface area contributed by atoms with Crippen molar-refractivity contribution in [2.24, 2.45) is 0 Å². The summed E-state index contributed by atoms with van der Waals surface area (Å²) in [5.74, 6) is -2.51. The zero-order valence-electron chi connectivity index (χ0n) is 10.2. The Morgan fingerprint density at radius 1 is 1.37 bits per heavy atom. The van der Waals surface area contributed by atoms with Gasteiger partial charge in [-0.1, -0.05) is 0 Å². The van der Waals surface area contributed by atoms with Crippen molar-refractivity contribution in [3.8, 4) is 6.07 Å². The lowest BCUT2D eigenvalue weighted by Gasteiger charge is -2.46. The minimum absolute atomic E-state index is 0. The molecule has 1 heterocycles. The summed E-state index contributed by atoms with van der Waals surface area (Å²) in [6.07, 6.45) is -0.160. The second kappa shape index (κ2) is 4.86. The van der Waals surface area contributed by atoms with Gasteiger partial charge in [0.05, 0.1) is 23.0 Å². The third-order valence-electron chi connectivity index (χ3n) is 3.61. The molecule has 0 spiro atoms. The first-order chi connectivity index (χ1) is 8.59. The average molecular weight is 286 g/mol. The van der Waals surface area contributed by atoms with Gasteiger partial charge in [0.2, 0.25) is 0 Å². The molecule has 6 heteroatoms. The van der Waals surface area contributed by atoms with Crippen LogP contribution in [0.15, 0.2) is 18.2 Å². The standard InChI is InChI=1S/C13H13F2N3.ClH/c14-13(15)6-10(7-13)18-4-3-17-11-2-1-9(8-16)5-12(11)18;/h1-2,5,10,17H,3-4,6-7H2;1H. The number of anilines is 2. The van der Waals surface area contributed by atoms with E-state index in [1.807, 2.05) is 11.0 Å². The van der Waals surface area contributed by atoms with Crippen LogP contribution in [0.5, 0.6) is 0 Å². The van der Waals surface area contributed by atoms with Gasteiger partial charge < -0.3 is 10.2 Å².